The zero-order valence-electron chi connectivity index (χ0n) is 22.8. The Labute approximate surface area is 218 Å². The molecule has 0 radical (unpaired) electrons. The Morgan fingerprint density at radius 3 is 2.43 bits per heavy atom. The van der Waals surface area contributed by atoms with Gasteiger partial charge in [0.2, 0.25) is 0 Å². The number of esters is 2. The lowest BCUT2D eigenvalue weighted by Crippen LogP contribution is -2.73. The minimum Gasteiger partial charge on any atom is -0.472 e. The van der Waals surface area contributed by atoms with Crippen LogP contribution in [0.2, 0.25) is 0 Å². The second-order valence-corrected chi connectivity index (χ2v) is 13.3. The molecule has 3 unspecified atom stereocenters. The van der Waals surface area contributed by atoms with Gasteiger partial charge >= 0.3 is 11.9 Å². The molecule has 1 N–H and O–H groups in total. The lowest BCUT2D eigenvalue weighted by Gasteiger charge is -2.69. The van der Waals surface area contributed by atoms with E-state index in [4.69, 9.17) is 18.6 Å². The summed E-state index contributed by atoms with van der Waals surface area (Å²) in [6, 6.07) is 2.06. The molecule has 7 nitrogen and oxygen atoms in total. The summed E-state index contributed by atoms with van der Waals surface area (Å²) in [6.07, 6.45) is 7.14. The topological polar surface area (TPSA) is 95.2 Å². The van der Waals surface area contributed by atoms with Gasteiger partial charge in [-0.25, -0.2) is 0 Å². The first-order valence-corrected chi connectivity index (χ1v) is 13.8. The van der Waals surface area contributed by atoms with E-state index in [1.165, 1.54) is 25.0 Å². The van der Waals surface area contributed by atoms with Crippen LogP contribution in [0, 0.1) is 33.5 Å². The number of ether oxygens (including phenoxy) is 3. The van der Waals surface area contributed by atoms with Crippen molar-refractivity contribution in [3.8, 4) is 0 Å². The summed E-state index contributed by atoms with van der Waals surface area (Å²) >= 11 is 0. The van der Waals surface area contributed by atoms with Crippen LogP contribution in [0.25, 0.3) is 0 Å². The van der Waals surface area contributed by atoms with Gasteiger partial charge in [0.05, 0.1) is 31.3 Å². The zero-order valence-corrected chi connectivity index (χ0v) is 22.8. The van der Waals surface area contributed by atoms with Gasteiger partial charge < -0.3 is 23.7 Å². The Morgan fingerprint density at radius 1 is 1.08 bits per heavy atom. The molecule has 0 bridgehead atoms. The molecule has 0 amide bonds. The molecule has 3 saturated carbocycles. The summed E-state index contributed by atoms with van der Waals surface area (Å²) in [6.45, 7) is 12.2. The number of aliphatic hydroxyl groups is 1. The molecule has 202 valence electrons. The first-order valence-electron chi connectivity index (χ1n) is 13.8. The highest BCUT2D eigenvalue weighted by Gasteiger charge is 2.77. The molecule has 7 heteroatoms. The molecular weight excluding hydrogens is 472 g/mol. The molecule has 6 rings (SSSR count). The monoisotopic (exact) mass is 512 g/mol. The van der Waals surface area contributed by atoms with Crippen LogP contribution >= 0.6 is 0 Å². The van der Waals surface area contributed by atoms with Crippen LogP contribution in [0.3, 0.4) is 0 Å². The van der Waals surface area contributed by atoms with Gasteiger partial charge in [0.15, 0.2) is 0 Å². The third-order valence-corrected chi connectivity index (χ3v) is 11.6. The second-order valence-electron chi connectivity index (χ2n) is 13.3. The van der Waals surface area contributed by atoms with Crippen molar-refractivity contribution in [1.29, 1.82) is 0 Å². The first-order chi connectivity index (χ1) is 17.4. The highest BCUT2D eigenvalue weighted by atomic mass is 16.6. The smallest absolute Gasteiger partial charge is 0.302 e. The quantitative estimate of drug-likeness (QED) is 0.460. The van der Waals surface area contributed by atoms with Crippen molar-refractivity contribution in [1.82, 2.24) is 0 Å². The van der Waals surface area contributed by atoms with Crippen LogP contribution in [0.5, 0.6) is 0 Å². The minimum absolute atomic E-state index is 0.0716. The Hall–Kier alpha value is -2.12. The Balaban J connectivity index is 1.48. The van der Waals surface area contributed by atoms with Crippen molar-refractivity contribution in [2.75, 3.05) is 6.61 Å². The number of hydrogen-bond donors (Lipinski definition) is 1. The number of rotatable bonds is 3. The maximum atomic E-state index is 12.4. The van der Waals surface area contributed by atoms with E-state index in [2.05, 4.69) is 39.8 Å². The van der Waals surface area contributed by atoms with Gasteiger partial charge in [0.25, 0.3) is 0 Å². The number of furan rings is 1. The van der Waals surface area contributed by atoms with Gasteiger partial charge in [-0.1, -0.05) is 39.3 Å². The van der Waals surface area contributed by atoms with E-state index in [-0.39, 0.29) is 29.2 Å². The molecule has 2 heterocycles. The van der Waals surface area contributed by atoms with Gasteiger partial charge in [-0.05, 0) is 48.1 Å². The van der Waals surface area contributed by atoms with Crippen LogP contribution in [0.4, 0.5) is 0 Å². The van der Waals surface area contributed by atoms with E-state index in [1.807, 2.05) is 6.26 Å². The van der Waals surface area contributed by atoms with E-state index < -0.39 is 40.7 Å². The summed E-state index contributed by atoms with van der Waals surface area (Å²) in [7, 11) is 0. The van der Waals surface area contributed by atoms with E-state index >= 15 is 0 Å². The molecular formula is C30H40O7. The Morgan fingerprint density at radius 2 is 1.78 bits per heavy atom. The largest absolute Gasteiger partial charge is 0.472 e. The third-order valence-electron chi connectivity index (χ3n) is 11.6. The summed E-state index contributed by atoms with van der Waals surface area (Å²) in [5.74, 6) is -0.430. The molecule has 37 heavy (non-hydrogen) atoms. The van der Waals surface area contributed by atoms with Gasteiger partial charge in [0.1, 0.15) is 12.2 Å². The van der Waals surface area contributed by atoms with Crippen molar-refractivity contribution in [3.63, 3.8) is 0 Å². The number of carbonyl (C=O) groups excluding carboxylic acids is 2. The molecule has 0 spiro atoms. The standard InChI is InChI=1S/C30H40O7/c1-16(31)36-22-13-23(37-17(2)32)30(6)21-9-11-27(3)19(18-10-12-34-14-18)7-8-20(27)29(21,5)26(33)24-25(30)28(22,4)15-35-24/h8,10,12,14,19,21-26,33H,7,9,11,13,15H2,1-6H3/t19-,21?,22+,23-,24?,25?,26+,27-,28+,29-,30-/m0/s1. The molecule has 1 saturated heterocycles. The Kier molecular flexibility index (Phi) is 5.41. The molecule has 1 aromatic rings. The van der Waals surface area contributed by atoms with E-state index in [9.17, 15) is 14.7 Å². The average molecular weight is 513 g/mol. The molecule has 11 atom stereocenters. The summed E-state index contributed by atoms with van der Waals surface area (Å²) < 4.78 is 23.9. The van der Waals surface area contributed by atoms with Gasteiger partial charge in [-0.15, -0.1) is 0 Å². The maximum Gasteiger partial charge on any atom is 0.302 e. The van der Waals surface area contributed by atoms with Gasteiger partial charge in [-0.2, -0.15) is 0 Å². The lowest BCUT2D eigenvalue weighted by atomic mass is 9.36. The van der Waals surface area contributed by atoms with Crippen molar-refractivity contribution in [2.24, 2.45) is 33.5 Å². The fourth-order valence-corrected chi connectivity index (χ4v) is 10.2. The maximum absolute atomic E-state index is 12.4. The Bertz CT molecular complexity index is 1140. The van der Waals surface area contributed by atoms with Crippen LogP contribution in [0.1, 0.15) is 78.7 Å². The molecule has 1 aromatic heterocycles. The van der Waals surface area contributed by atoms with Crippen LogP contribution in [-0.2, 0) is 23.8 Å². The second kappa shape index (κ2) is 7.95. The summed E-state index contributed by atoms with van der Waals surface area (Å²) in [5, 5.41) is 12.2. The van der Waals surface area contributed by atoms with Crippen molar-refractivity contribution >= 4 is 11.9 Å². The number of fused-ring (bicyclic) bond motifs is 4. The minimum atomic E-state index is -0.722. The van der Waals surface area contributed by atoms with E-state index in [0.717, 1.165) is 19.3 Å². The van der Waals surface area contributed by atoms with Crippen molar-refractivity contribution < 1.29 is 33.3 Å². The van der Waals surface area contributed by atoms with Gasteiger partial charge in [-0.3, -0.25) is 9.59 Å². The zero-order chi connectivity index (χ0) is 26.5. The molecule has 0 aromatic carbocycles. The highest BCUT2D eigenvalue weighted by molar-refractivity contribution is 5.67. The molecule has 4 aliphatic carbocycles. The van der Waals surface area contributed by atoms with Crippen LogP contribution < -0.4 is 0 Å². The van der Waals surface area contributed by atoms with Crippen LogP contribution in [0.15, 0.2) is 34.7 Å². The molecule has 4 fully saturated rings. The molecule has 5 aliphatic rings. The fraction of sp³-hybridized carbons (Fsp3) is 0.733. The fourth-order valence-electron chi connectivity index (χ4n) is 10.2. The summed E-state index contributed by atoms with van der Waals surface area (Å²) in [4.78, 5) is 24.5. The molecule has 1 aliphatic heterocycles. The number of carbonyl (C=O) groups is 2. The number of allylic oxidation sites excluding steroid dienone is 1. The predicted octanol–water partition coefficient (Wildman–Crippen LogP) is 4.79. The number of aliphatic hydroxyl groups excluding tert-OH is 1. The van der Waals surface area contributed by atoms with Crippen molar-refractivity contribution in [3.05, 3.63) is 35.8 Å². The van der Waals surface area contributed by atoms with Crippen molar-refractivity contribution in [2.45, 2.75) is 97.6 Å². The normalized spacial score (nSPS) is 49.9. The third kappa shape index (κ3) is 3.07. The van der Waals surface area contributed by atoms with Gasteiger partial charge in [0, 0.05) is 42.4 Å². The lowest BCUT2D eigenvalue weighted by molar-refractivity contribution is -0.262. The average Bonchev–Trinajstić information content (AvgIpc) is 3.53. The number of hydrogen-bond acceptors (Lipinski definition) is 7. The van der Waals surface area contributed by atoms with E-state index in [1.54, 1.807) is 6.26 Å². The van der Waals surface area contributed by atoms with E-state index in [0.29, 0.717) is 18.9 Å². The highest BCUT2D eigenvalue weighted by Crippen LogP contribution is 2.75. The summed E-state index contributed by atoms with van der Waals surface area (Å²) in [5.41, 5.74) is 0.924. The predicted molar refractivity (Wildman–Crippen MR) is 134 cm³/mol. The van der Waals surface area contributed by atoms with Crippen LogP contribution in [-0.4, -0.2) is 48.1 Å². The SMILES string of the molecule is CC(=O)O[C@H]1C[C@@H](OC(C)=O)[C@@]2(C)COC3C2[C@@]1(C)C1CC[C@]2(C)C(=CC[C@H]2c2ccoc2)[C@]1(C)[C@@H]3O. The first kappa shape index (κ1) is 25.2.